The lowest BCUT2D eigenvalue weighted by atomic mass is 9.86. The molecule has 0 amide bonds. The molecule has 1 atom stereocenters. The van der Waals surface area contributed by atoms with Crippen molar-refractivity contribution < 1.29 is 0 Å². The van der Waals surface area contributed by atoms with Crippen LogP contribution in [0.4, 0.5) is 0 Å². The lowest BCUT2D eigenvalue weighted by molar-refractivity contribution is 0.589. The number of hydrogen-bond acceptors (Lipinski definition) is 5. The smallest absolute Gasteiger partial charge is 0.169 e. The number of rotatable bonds is 4. The highest BCUT2D eigenvalue weighted by atomic mass is 32.2. The predicted octanol–water partition coefficient (Wildman–Crippen LogP) is 3.63. The zero-order valence-electron chi connectivity index (χ0n) is 11.5. The largest absolute Gasteiger partial charge is 0.323 e. The Kier molecular flexibility index (Phi) is 4.60. The maximum Gasteiger partial charge on any atom is 0.169 e. The van der Waals surface area contributed by atoms with Gasteiger partial charge in [0.2, 0.25) is 0 Å². The van der Waals surface area contributed by atoms with E-state index in [1.807, 2.05) is 0 Å². The molecule has 0 aliphatic rings. The third kappa shape index (κ3) is 4.03. The van der Waals surface area contributed by atoms with E-state index in [0.717, 1.165) is 10.1 Å². The van der Waals surface area contributed by atoms with Crippen LogP contribution >= 0.6 is 23.3 Å². The number of thioether (sulfide) groups is 1. The molecule has 2 rings (SSSR count). The van der Waals surface area contributed by atoms with Gasteiger partial charge in [-0.3, -0.25) is 0 Å². The average molecular weight is 293 g/mol. The number of hydrogen-bond donors (Lipinski definition) is 1. The van der Waals surface area contributed by atoms with Crippen molar-refractivity contribution in [3.8, 4) is 0 Å². The van der Waals surface area contributed by atoms with Crippen LogP contribution in [0.3, 0.4) is 0 Å². The van der Waals surface area contributed by atoms with Gasteiger partial charge in [0.05, 0.1) is 0 Å². The molecule has 1 heterocycles. The van der Waals surface area contributed by atoms with E-state index in [2.05, 4.69) is 54.4 Å². The molecule has 5 heteroatoms. The van der Waals surface area contributed by atoms with E-state index in [0.29, 0.717) is 0 Å². The zero-order valence-corrected chi connectivity index (χ0v) is 13.1. The Labute approximate surface area is 122 Å². The van der Waals surface area contributed by atoms with Gasteiger partial charge in [0.1, 0.15) is 6.33 Å². The molecular formula is C14H19N3S2. The summed E-state index contributed by atoms with van der Waals surface area (Å²) in [5.74, 6) is 0.823. The summed E-state index contributed by atoms with van der Waals surface area (Å²) in [6.07, 6.45) is 1.58. The SMILES string of the molecule is CC(C)(C)c1ccc(C(N)CSc2ncns2)cc1. The van der Waals surface area contributed by atoms with Gasteiger partial charge in [0, 0.05) is 11.8 Å². The molecule has 2 aromatic rings. The van der Waals surface area contributed by atoms with Gasteiger partial charge in [-0.25, -0.2) is 4.98 Å². The Morgan fingerprint density at radius 2 is 1.95 bits per heavy atom. The van der Waals surface area contributed by atoms with Gasteiger partial charge >= 0.3 is 0 Å². The van der Waals surface area contributed by atoms with Crippen molar-refractivity contribution in [2.75, 3.05) is 5.75 Å². The third-order valence-corrected chi connectivity index (χ3v) is 4.85. The molecule has 0 saturated carbocycles. The van der Waals surface area contributed by atoms with Crippen LogP contribution in [0.5, 0.6) is 0 Å². The Balaban J connectivity index is 1.97. The number of benzene rings is 1. The summed E-state index contributed by atoms with van der Waals surface area (Å²) in [7, 11) is 0. The van der Waals surface area contributed by atoms with E-state index in [9.17, 15) is 0 Å². The first-order chi connectivity index (χ1) is 8.97. The highest BCUT2D eigenvalue weighted by Crippen LogP contribution is 2.26. The van der Waals surface area contributed by atoms with E-state index >= 15 is 0 Å². The van der Waals surface area contributed by atoms with Gasteiger partial charge in [-0.05, 0) is 28.1 Å². The van der Waals surface area contributed by atoms with Crippen LogP contribution in [0.25, 0.3) is 0 Å². The van der Waals surface area contributed by atoms with Crippen LogP contribution in [-0.4, -0.2) is 15.1 Å². The molecule has 1 aromatic heterocycles. The molecule has 0 aliphatic heterocycles. The summed E-state index contributed by atoms with van der Waals surface area (Å²) in [4.78, 5) is 4.14. The van der Waals surface area contributed by atoms with Crippen LogP contribution < -0.4 is 5.73 Å². The van der Waals surface area contributed by atoms with Crippen LogP contribution in [-0.2, 0) is 5.41 Å². The first-order valence-electron chi connectivity index (χ1n) is 6.22. The first kappa shape index (κ1) is 14.5. The first-order valence-corrected chi connectivity index (χ1v) is 7.98. The second kappa shape index (κ2) is 6.03. The van der Waals surface area contributed by atoms with E-state index in [-0.39, 0.29) is 11.5 Å². The van der Waals surface area contributed by atoms with Crippen LogP contribution in [0.1, 0.15) is 37.9 Å². The molecule has 0 fully saturated rings. The Morgan fingerprint density at radius 1 is 1.26 bits per heavy atom. The van der Waals surface area contributed by atoms with E-state index in [1.54, 1.807) is 18.1 Å². The summed E-state index contributed by atoms with van der Waals surface area (Å²) >= 11 is 3.07. The van der Waals surface area contributed by atoms with Gasteiger partial charge in [0.25, 0.3) is 0 Å². The van der Waals surface area contributed by atoms with Crippen LogP contribution in [0, 0.1) is 0 Å². The quantitative estimate of drug-likeness (QED) is 0.875. The van der Waals surface area contributed by atoms with Crippen LogP contribution in [0.15, 0.2) is 34.9 Å². The molecule has 2 N–H and O–H groups in total. The summed E-state index contributed by atoms with van der Waals surface area (Å²) in [6.45, 7) is 6.65. The van der Waals surface area contributed by atoms with Crippen molar-refractivity contribution in [1.82, 2.24) is 9.36 Å². The number of nitrogens with two attached hydrogens (primary N) is 1. The van der Waals surface area contributed by atoms with Crippen LogP contribution in [0.2, 0.25) is 0 Å². The molecule has 0 saturated heterocycles. The zero-order chi connectivity index (χ0) is 13.9. The third-order valence-electron chi connectivity index (χ3n) is 2.93. The van der Waals surface area contributed by atoms with Gasteiger partial charge in [0.15, 0.2) is 4.34 Å². The Hall–Kier alpha value is -0.910. The average Bonchev–Trinajstić information content (AvgIpc) is 2.88. The summed E-state index contributed by atoms with van der Waals surface area (Å²) < 4.78 is 4.95. The van der Waals surface area contributed by atoms with E-state index in [4.69, 9.17) is 5.73 Å². The van der Waals surface area contributed by atoms with Crippen molar-refractivity contribution in [2.24, 2.45) is 5.73 Å². The van der Waals surface area contributed by atoms with Gasteiger partial charge in [-0.15, -0.1) is 0 Å². The highest BCUT2D eigenvalue weighted by molar-refractivity contribution is 8.00. The standard InChI is InChI=1S/C14H19N3S2/c1-14(2,3)11-6-4-10(5-7-11)12(15)8-18-13-16-9-17-19-13/h4-7,9,12H,8,15H2,1-3H3. The monoisotopic (exact) mass is 293 g/mol. The lowest BCUT2D eigenvalue weighted by Crippen LogP contribution is -2.15. The lowest BCUT2D eigenvalue weighted by Gasteiger charge is -2.20. The molecule has 19 heavy (non-hydrogen) atoms. The maximum atomic E-state index is 6.21. The van der Waals surface area contributed by atoms with Gasteiger partial charge in [-0.1, -0.05) is 56.8 Å². The molecule has 102 valence electrons. The summed E-state index contributed by atoms with van der Waals surface area (Å²) in [5.41, 5.74) is 8.90. The van der Waals surface area contributed by atoms with Gasteiger partial charge < -0.3 is 5.73 Å². The van der Waals surface area contributed by atoms with Gasteiger partial charge in [-0.2, -0.15) is 4.37 Å². The van der Waals surface area contributed by atoms with E-state index in [1.165, 1.54) is 22.7 Å². The fourth-order valence-corrected chi connectivity index (χ4v) is 3.17. The molecule has 0 radical (unpaired) electrons. The fourth-order valence-electron chi connectivity index (χ4n) is 1.71. The minimum absolute atomic E-state index is 0.0305. The van der Waals surface area contributed by atoms with Crippen molar-refractivity contribution >= 4 is 23.3 Å². The Morgan fingerprint density at radius 3 is 2.47 bits per heavy atom. The van der Waals surface area contributed by atoms with Crippen molar-refractivity contribution in [1.29, 1.82) is 0 Å². The normalized spacial score (nSPS) is 13.5. The summed E-state index contributed by atoms with van der Waals surface area (Å²) in [6, 6.07) is 8.64. The van der Waals surface area contributed by atoms with E-state index < -0.39 is 0 Å². The number of nitrogens with zero attached hydrogens (tertiary/aromatic N) is 2. The molecular weight excluding hydrogens is 274 g/mol. The second-order valence-electron chi connectivity index (χ2n) is 5.50. The molecule has 0 aliphatic carbocycles. The minimum atomic E-state index is 0.0305. The molecule has 3 nitrogen and oxygen atoms in total. The number of aromatic nitrogens is 2. The fraction of sp³-hybridized carbons (Fsp3) is 0.429. The molecule has 1 aromatic carbocycles. The highest BCUT2D eigenvalue weighted by Gasteiger charge is 2.14. The molecule has 0 bridgehead atoms. The second-order valence-corrected chi connectivity index (χ2v) is 7.54. The minimum Gasteiger partial charge on any atom is -0.323 e. The predicted molar refractivity (Wildman–Crippen MR) is 82.7 cm³/mol. The summed E-state index contributed by atoms with van der Waals surface area (Å²) in [5, 5.41) is 0. The molecule has 0 spiro atoms. The molecule has 1 unspecified atom stereocenters. The van der Waals surface area contributed by atoms with Crippen molar-refractivity contribution in [3.63, 3.8) is 0 Å². The maximum absolute atomic E-state index is 6.21. The van der Waals surface area contributed by atoms with Crippen molar-refractivity contribution in [3.05, 3.63) is 41.7 Å². The van der Waals surface area contributed by atoms with Crippen molar-refractivity contribution in [2.45, 2.75) is 36.6 Å². The topological polar surface area (TPSA) is 51.8 Å². The Bertz CT molecular complexity index is 500.